The molecule has 0 bridgehead atoms. The standard InChI is InChI=1S/C18H19N5O3/c1-23-16(12-4-2-11(9-19)3-5-12)22-14-8-13(10-21-17(14)23)18(26)20-7-6-15(24)25/h2-5,8,10H,6-7,9,19H2,1H3,(H,20,26)(H,24,25). The number of carboxylic acid groups (broad SMARTS) is 1. The first-order valence-corrected chi connectivity index (χ1v) is 8.11. The maximum Gasteiger partial charge on any atom is 0.305 e. The van der Waals surface area contributed by atoms with Gasteiger partial charge in [0.2, 0.25) is 0 Å². The zero-order valence-corrected chi connectivity index (χ0v) is 14.3. The van der Waals surface area contributed by atoms with Crippen molar-refractivity contribution >= 4 is 23.0 Å². The summed E-state index contributed by atoms with van der Waals surface area (Å²) in [6.07, 6.45) is 1.33. The predicted octanol–water partition coefficient (Wildman–Crippen LogP) is 1.30. The molecule has 1 aromatic carbocycles. The number of pyridine rings is 1. The minimum absolute atomic E-state index is 0.0627. The van der Waals surface area contributed by atoms with Gasteiger partial charge in [-0.3, -0.25) is 9.59 Å². The van der Waals surface area contributed by atoms with Crippen molar-refractivity contribution in [3.8, 4) is 11.4 Å². The lowest BCUT2D eigenvalue weighted by atomic mass is 10.1. The lowest BCUT2D eigenvalue weighted by Crippen LogP contribution is -2.26. The molecule has 0 aliphatic heterocycles. The fourth-order valence-electron chi connectivity index (χ4n) is 2.63. The summed E-state index contributed by atoms with van der Waals surface area (Å²) in [6, 6.07) is 9.44. The Labute approximate surface area is 149 Å². The minimum atomic E-state index is -0.964. The maximum atomic E-state index is 12.1. The number of carboxylic acids is 1. The zero-order chi connectivity index (χ0) is 18.7. The molecule has 2 aromatic heterocycles. The third-order valence-electron chi connectivity index (χ3n) is 4.04. The van der Waals surface area contributed by atoms with Gasteiger partial charge in [-0.15, -0.1) is 0 Å². The normalized spacial score (nSPS) is 10.8. The Bertz CT molecular complexity index is 963. The van der Waals surface area contributed by atoms with Gasteiger partial charge in [-0.1, -0.05) is 24.3 Å². The third kappa shape index (κ3) is 3.55. The lowest BCUT2D eigenvalue weighted by Gasteiger charge is -2.04. The smallest absolute Gasteiger partial charge is 0.305 e. The van der Waals surface area contributed by atoms with Gasteiger partial charge in [0.05, 0.1) is 12.0 Å². The number of aliphatic carboxylic acids is 1. The molecule has 26 heavy (non-hydrogen) atoms. The molecule has 4 N–H and O–H groups in total. The molecule has 8 heteroatoms. The van der Waals surface area contributed by atoms with Gasteiger partial charge < -0.3 is 20.7 Å². The SMILES string of the molecule is Cn1c(-c2ccc(CN)cc2)nc2cc(C(=O)NCCC(=O)O)cnc21. The number of rotatable bonds is 6. The maximum absolute atomic E-state index is 12.1. The van der Waals surface area contributed by atoms with E-state index in [1.54, 1.807) is 6.07 Å². The highest BCUT2D eigenvalue weighted by molar-refractivity contribution is 5.96. The summed E-state index contributed by atoms with van der Waals surface area (Å²) in [6.45, 7) is 0.540. The Morgan fingerprint density at radius 2 is 2.00 bits per heavy atom. The Morgan fingerprint density at radius 3 is 2.65 bits per heavy atom. The molecule has 0 fully saturated rings. The van der Waals surface area contributed by atoms with Crippen LogP contribution in [0.15, 0.2) is 36.5 Å². The van der Waals surface area contributed by atoms with Crippen LogP contribution in [0.5, 0.6) is 0 Å². The number of fused-ring (bicyclic) bond motifs is 1. The number of hydrogen-bond acceptors (Lipinski definition) is 5. The number of aromatic nitrogens is 3. The quantitative estimate of drug-likeness (QED) is 0.614. The van der Waals surface area contributed by atoms with Crippen molar-refractivity contribution in [3.05, 3.63) is 47.7 Å². The number of benzene rings is 1. The lowest BCUT2D eigenvalue weighted by molar-refractivity contribution is -0.136. The fourth-order valence-corrected chi connectivity index (χ4v) is 2.63. The Hall–Kier alpha value is -3.26. The summed E-state index contributed by atoms with van der Waals surface area (Å²) < 4.78 is 1.86. The van der Waals surface area contributed by atoms with Gasteiger partial charge in [-0.2, -0.15) is 0 Å². The van der Waals surface area contributed by atoms with Gasteiger partial charge in [0.25, 0.3) is 5.91 Å². The summed E-state index contributed by atoms with van der Waals surface area (Å²) in [5.74, 6) is -0.603. The number of nitrogens with one attached hydrogen (secondary N) is 1. The molecule has 0 atom stereocenters. The third-order valence-corrected chi connectivity index (χ3v) is 4.04. The van der Waals surface area contributed by atoms with Crippen LogP contribution in [-0.4, -0.2) is 38.1 Å². The highest BCUT2D eigenvalue weighted by Gasteiger charge is 2.14. The molecule has 0 unspecified atom stereocenters. The largest absolute Gasteiger partial charge is 0.481 e. The molecule has 3 aromatic rings. The van der Waals surface area contributed by atoms with Crippen LogP contribution in [0.25, 0.3) is 22.6 Å². The van der Waals surface area contributed by atoms with E-state index in [9.17, 15) is 9.59 Å². The number of amides is 1. The molecular formula is C18H19N5O3. The van der Waals surface area contributed by atoms with Gasteiger partial charge in [-0.05, 0) is 11.6 Å². The number of carbonyl (C=O) groups is 2. The van der Waals surface area contributed by atoms with E-state index in [-0.39, 0.29) is 18.9 Å². The van der Waals surface area contributed by atoms with E-state index >= 15 is 0 Å². The molecule has 2 heterocycles. The second-order valence-electron chi connectivity index (χ2n) is 5.86. The number of nitrogens with two attached hydrogens (primary N) is 1. The van der Waals surface area contributed by atoms with Crippen LogP contribution >= 0.6 is 0 Å². The van der Waals surface area contributed by atoms with Gasteiger partial charge in [0.1, 0.15) is 11.3 Å². The summed E-state index contributed by atoms with van der Waals surface area (Å²) in [5, 5.41) is 11.2. The van der Waals surface area contributed by atoms with Crippen molar-refractivity contribution < 1.29 is 14.7 Å². The summed E-state index contributed by atoms with van der Waals surface area (Å²) in [4.78, 5) is 31.5. The Morgan fingerprint density at radius 1 is 1.27 bits per heavy atom. The van der Waals surface area contributed by atoms with E-state index in [1.165, 1.54) is 6.20 Å². The monoisotopic (exact) mass is 353 g/mol. The van der Waals surface area contributed by atoms with Crippen LogP contribution in [0.2, 0.25) is 0 Å². The average molecular weight is 353 g/mol. The number of nitrogens with zero attached hydrogens (tertiary/aromatic N) is 3. The number of imidazole rings is 1. The van der Waals surface area contributed by atoms with E-state index < -0.39 is 5.97 Å². The first-order valence-electron chi connectivity index (χ1n) is 8.11. The molecule has 0 aliphatic rings. The molecule has 0 saturated carbocycles. The van der Waals surface area contributed by atoms with Crippen molar-refractivity contribution in [3.63, 3.8) is 0 Å². The second-order valence-corrected chi connectivity index (χ2v) is 5.86. The van der Waals surface area contributed by atoms with E-state index in [4.69, 9.17) is 10.8 Å². The van der Waals surface area contributed by atoms with Crippen molar-refractivity contribution in [2.45, 2.75) is 13.0 Å². The molecule has 0 aliphatic carbocycles. The molecule has 134 valence electrons. The van der Waals surface area contributed by atoms with Crippen molar-refractivity contribution in [2.75, 3.05) is 6.54 Å². The van der Waals surface area contributed by atoms with Crippen molar-refractivity contribution in [1.82, 2.24) is 19.9 Å². The van der Waals surface area contributed by atoms with E-state index in [2.05, 4.69) is 15.3 Å². The number of aryl methyl sites for hydroxylation is 1. The fraction of sp³-hybridized carbons (Fsp3) is 0.222. The van der Waals surface area contributed by atoms with E-state index in [0.29, 0.717) is 23.3 Å². The van der Waals surface area contributed by atoms with Crippen molar-refractivity contribution in [2.24, 2.45) is 12.8 Å². The Balaban J connectivity index is 1.88. The van der Waals surface area contributed by atoms with E-state index in [1.807, 2.05) is 35.9 Å². The molecule has 3 rings (SSSR count). The van der Waals surface area contributed by atoms with Gasteiger partial charge in [0, 0.05) is 31.9 Å². The molecule has 0 spiro atoms. The van der Waals surface area contributed by atoms with Crippen LogP contribution in [0.4, 0.5) is 0 Å². The van der Waals surface area contributed by atoms with Gasteiger partial charge >= 0.3 is 5.97 Å². The van der Waals surface area contributed by atoms with Crippen LogP contribution in [0.3, 0.4) is 0 Å². The van der Waals surface area contributed by atoms with Crippen molar-refractivity contribution in [1.29, 1.82) is 0 Å². The second kappa shape index (κ2) is 7.32. The number of carbonyl (C=O) groups excluding carboxylic acids is 1. The zero-order valence-electron chi connectivity index (χ0n) is 14.3. The summed E-state index contributed by atoms with van der Waals surface area (Å²) in [7, 11) is 1.86. The van der Waals surface area contributed by atoms with Crippen LogP contribution in [0.1, 0.15) is 22.3 Å². The summed E-state index contributed by atoms with van der Waals surface area (Å²) >= 11 is 0. The van der Waals surface area contributed by atoms with Gasteiger partial charge in [0.15, 0.2) is 5.65 Å². The first kappa shape index (κ1) is 17.6. The highest BCUT2D eigenvalue weighted by Crippen LogP contribution is 2.23. The molecular weight excluding hydrogens is 334 g/mol. The highest BCUT2D eigenvalue weighted by atomic mass is 16.4. The van der Waals surface area contributed by atoms with Crippen LogP contribution < -0.4 is 11.1 Å². The van der Waals surface area contributed by atoms with Crippen LogP contribution in [-0.2, 0) is 18.4 Å². The Kier molecular flexibility index (Phi) is 4.94. The summed E-state index contributed by atoms with van der Waals surface area (Å²) in [5.41, 5.74) is 9.17. The molecule has 1 amide bonds. The van der Waals surface area contributed by atoms with Gasteiger partial charge in [-0.25, -0.2) is 9.97 Å². The first-order chi connectivity index (χ1) is 12.5. The molecule has 0 saturated heterocycles. The number of hydrogen-bond donors (Lipinski definition) is 3. The predicted molar refractivity (Wildman–Crippen MR) is 96.4 cm³/mol. The molecule has 8 nitrogen and oxygen atoms in total. The average Bonchev–Trinajstić information content (AvgIpc) is 2.97. The topological polar surface area (TPSA) is 123 Å². The molecule has 0 radical (unpaired) electrons. The van der Waals surface area contributed by atoms with E-state index in [0.717, 1.165) is 17.0 Å². The van der Waals surface area contributed by atoms with Crippen LogP contribution in [0, 0.1) is 0 Å². The minimum Gasteiger partial charge on any atom is -0.481 e.